The van der Waals surface area contributed by atoms with Gasteiger partial charge in [0.15, 0.2) is 0 Å². The van der Waals surface area contributed by atoms with E-state index in [1.807, 2.05) is 19.2 Å². The number of hydrogen-bond acceptors (Lipinski definition) is 3. The van der Waals surface area contributed by atoms with Gasteiger partial charge in [-0.2, -0.15) is 0 Å². The average molecular weight is 239 g/mol. The van der Waals surface area contributed by atoms with Crippen LogP contribution in [-0.2, 0) is 13.0 Å². The third kappa shape index (κ3) is 2.27. The number of rotatable bonds is 4. The van der Waals surface area contributed by atoms with Crippen molar-refractivity contribution in [1.82, 2.24) is 15.3 Å². The molecular weight excluding hydrogens is 222 g/mol. The third-order valence-electron chi connectivity index (χ3n) is 3.49. The van der Waals surface area contributed by atoms with Crippen LogP contribution in [0.1, 0.15) is 28.6 Å². The summed E-state index contributed by atoms with van der Waals surface area (Å²) in [6.07, 6.45) is 3.02. The van der Waals surface area contributed by atoms with Crippen molar-refractivity contribution in [3.63, 3.8) is 0 Å². The van der Waals surface area contributed by atoms with E-state index in [4.69, 9.17) is 0 Å². The lowest BCUT2D eigenvalue weighted by Crippen LogP contribution is -2.29. The van der Waals surface area contributed by atoms with Gasteiger partial charge in [0.2, 0.25) is 0 Å². The highest BCUT2D eigenvalue weighted by Gasteiger charge is 2.24. The van der Waals surface area contributed by atoms with E-state index in [1.54, 1.807) is 0 Å². The van der Waals surface area contributed by atoms with Crippen LogP contribution in [0.25, 0.3) is 0 Å². The van der Waals surface area contributed by atoms with Gasteiger partial charge in [0.05, 0.1) is 5.69 Å². The van der Waals surface area contributed by atoms with E-state index in [-0.39, 0.29) is 0 Å². The van der Waals surface area contributed by atoms with E-state index in [0.717, 1.165) is 24.6 Å². The molecule has 0 spiro atoms. The van der Waals surface area contributed by atoms with Crippen LogP contribution in [0.3, 0.4) is 0 Å². The van der Waals surface area contributed by atoms with Crippen molar-refractivity contribution >= 4 is 0 Å². The molecule has 92 valence electrons. The number of benzene rings is 1. The van der Waals surface area contributed by atoms with Crippen LogP contribution in [0.4, 0.5) is 0 Å². The van der Waals surface area contributed by atoms with Crippen LogP contribution in [0.15, 0.2) is 36.5 Å². The van der Waals surface area contributed by atoms with Crippen molar-refractivity contribution in [2.45, 2.75) is 25.8 Å². The van der Waals surface area contributed by atoms with Gasteiger partial charge >= 0.3 is 0 Å². The number of aryl methyl sites for hydroxylation is 1. The minimum atomic E-state index is 0.670. The lowest BCUT2D eigenvalue weighted by atomic mass is 9.77. The number of nitrogens with zero attached hydrogens (tertiary/aromatic N) is 2. The highest BCUT2D eigenvalue weighted by molar-refractivity contribution is 5.40. The van der Waals surface area contributed by atoms with Gasteiger partial charge in [0.25, 0.3) is 0 Å². The van der Waals surface area contributed by atoms with Crippen LogP contribution in [0, 0.1) is 6.92 Å². The average Bonchev–Trinajstić information content (AvgIpc) is 2.35. The number of nitrogens with one attached hydrogen (secondary N) is 1. The molecule has 0 saturated heterocycles. The molecule has 1 heterocycles. The van der Waals surface area contributed by atoms with Gasteiger partial charge in [0.1, 0.15) is 5.82 Å². The van der Waals surface area contributed by atoms with Crippen molar-refractivity contribution < 1.29 is 0 Å². The summed E-state index contributed by atoms with van der Waals surface area (Å²) >= 11 is 0. The van der Waals surface area contributed by atoms with Crippen LogP contribution in [0.2, 0.25) is 0 Å². The van der Waals surface area contributed by atoms with E-state index in [0.29, 0.717) is 5.92 Å². The summed E-state index contributed by atoms with van der Waals surface area (Å²) in [5.41, 5.74) is 4.07. The summed E-state index contributed by atoms with van der Waals surface area (Å²) in [5.74, 6) is 1.51. The van der Waals surface area contributed by atoms with Gasteiger partial charge in [0, 0.05) is 25.2 Å². The second kappa shape index (κ2) is 4.86. The van der Waals surface area contributed by atoms with Gasteiger partial charge in [-0.3, -0.25) is 0 Å². The van der Waals surface area contributed by atoms with Gasteiger partial charge in [-0.25, -0.2) is 9.97 Å². The molecule has 1 N–H and O–H groups in total. The first-order valence-corrected chi connectivity index (χ1v) is 6.40. The largest absolute Gasteiger partial charge is 0.311 e. The zero-order valence-electron chi connectivity index (χ0n) is 10.6. The van der Waals surface area contributed by atoms with Gasteiger partial charge in [-0.05, 0) is 30.5 Å². The molecule has 3 rings (SSSR count). The lowest BCUT2D eigenvalue weighted by Gasteiger charge is -2.30. The number of hydrogen-bond donors (Lipinski definition) is 1. The molecule has 3 nitrogen and oxygen atoms in total. The SMILES string of the molecule is Cc1nccc(CNCC2Cc3ccccc32)n1. The highest BCUT2D eigenvalue weighted by Crippen LogP contribution is 2.33. The lowest BCUT2D eigenvalue weighted by molar-refractivity contribution is 0.532. The molecule has 0 fully saturated rings. The molecular formula is C15H17N3. The molecule has 18 heavy (non-hydrogen) atoms. The van der Waals surface area contributed by atoms with E-state index < -0.39 is 0 Å². The molecule has 1 atom stereocenters. The second-order valence-electron chi connectivity index (χ2n) is 4.83. The molecule has 1 aromatic heterocycles. The Bertz CT molecular complexity index is 551. The molecule has 1 aromatic carbocycles. The van der Waals surface area contributed by atoms with Crippen molar-refractivity contribution in [2.75, 3.05) is 6.54 Å². The standard InChI is InChI=1S/C15H17N3/c1-11-17-7-6-14(18-11)10-16-9-13-8-12-4-2-3-5-15(12)13/h2-7,13,16H,8-10H2,1H3. The molecule has 0 amide bonds. The predicted octanol–water partition coefficient (Wildman–Crippen LogP) is 2.21. The summed E-state index contributed by atoms with van der Waals surface area (Å²) in [6.45, 7) is 3.77. The first-order valence-electron chi connectivity index (χ1n) is 6.40. The molecule has 3 heteroatoms. The van der Waals surface area contributed by atoms with E-state index >= 15 is 0 Å². The monoisotopic (exact) mass is 239 g/mol. The Morgan fingerprint density at radius 2 is 2.17 bits per heavy atom. The molecule has 0 aliphatic heterocycles. The minimum Gasteiger partial charge on any atom is -0.311 e. The summed E-state index contributed by atoms with van der Waals surface area (Å²) in [6, 6.07) is 10.7. The Balaban J connectivity index is 1.52. The van der Waals surface area contributed by atoms with Crippen LogP contribution >= 0.6 is 0 Å². The maximum atomic E-state index is 4.38. The molecule has 0 bridgehead atoms. The van der Waals surface area contributed by atoms with Crippen molar-refractivity contribution in [3.05, 3.63) is 59.2 Å². The fourth-order valence-electron chi connectivity index (χ4n) is 2.52. The van der Waals surface area contributed by atoms with Gasteiger partial charge in [-0.1, -0.05) is 24.3 Å². The van der Waals surface area contributed by atoms with Gasteiger partial charge < -0.3 is 5.32 Å². The summed E-state index contributed by atoms with van der Waals surface area (Å²) in [4.78, 5) is 8.49. The third-order valence-corrected chi connectivity index (χ3v) is 3.49. The van der Waals surface area contributed by atoms with Crippen molar-refractivity contribution in [3.8, 4) is 0 Å². The molecule has 0 radical (unpaired) electrons. The van der Waals surface area contributed by atoms with Gasteiger partial charge in [-0.15, -0.1) is 0 Å². The molecule has 1 aliphatic rings. The molecule has 0 saturated carbocycles. The summed E-state index contributed by atoms with van der Waals surface area (Å²) in [5, 5.41) is 3.48. The van der Waals surface area contributed by atoms with Crippen LogP contribution in [0.5, 0.6) is 0 Å². The Hall–Kier alpha value is -1.74. The smallest absolute Gasteiger partial charge is 0.125 e. The number of aromatic nitrogens is 2. The predicted molar refractivity (Wildman–Crippen MR) is 71.4 cm³/mol. The Morgan fingerprint density at radius 1 is 1.28 bits per heavy atom. The Morgan fingerprint density at radius 3 is 3.00 bits per heavy atom. The zero-order valence-corrected chi connectivity index (χ0v) is 10.6. The zero-order chi connectivity index (χ0) is 12.4. The highest BCUT2D eigenvalue weighted by atomic mass is 14.9. The van der Waals surface area contributed by atoms with E-state index in [9.17, 15) is 0 Å². The van der Waals surface area contributed by atoms with Crippen LogP contribution in [-0.4, -0.2) is 16.5 Å². The maximum absolute atomic E-state index is 4.38. The Kier molecular flexibility index (Phi) is 3.07. The van der Waals surface area contributed by atoms with E-state index in [1.165, 1.54) is 17.5 Å². The quantitative estimate of drug-likeness (QED) is 0.889. The first-order chi connectivity index (χ1) is 8.83. The minimum absolute atomic E-state index is 0.670. The maximum Gasteiger partial charge on any atom is 0.125 e. The van der Waals surface area contributed by atoms with E-state index in [2.05, 4.69) is 39.6 Å². The van der Waals surface area contributed by atoms with Crippen LogP contribution < -0.4 is 5.32 Å². The Labute approximate surface area is 107 Å². The molecule has 1 aliphatic carbocycles. The van der Waals surface area contributed by atoms with Crippen molar-refractivity contribution in [1.29, 1.82) is 0 Å². The summed E-state index contributed by atoms with van der Waals surface area (Å²) < 4.78 is 0. The fraction of sp³-hybridized carbons (Fsp3) is 0.333. The molecule has 1 unspecified atom stereocenters. The van der Waals surface area contributed by atoms with Crippen molar-refractivity contribution in [2.24, 2.45) is 0 Å². The normalized spacial score (nSPS) is 17.1. The topological polar surface area (TPSA) is 37.8 Å². The summed E-state index contributed by atoms with van der Waals surface area (Å²) in [7, 11) is 0. The first kappa shape index (κ1) is 11.4. The second-order valence-corrected chi connectivity index (χ2v) is 4.83. The number of fused-ring (bicyclic) bond motifs is 1. The molecule has 2 aromatic rings. The fourth-order valence-corrected chi connectivity index (χ4v) is 2.52.